The monoisotopic (exact) mass is 555 g/mol. The van der Waals surface area contributed by atoms with Crippen molar-refractivity contribution < 1.29 is 14.3 Å². The van der Waals surface area contributed by atoms with Crippen LogP contribution in [0.15, 0.2) is 66.7 Å². The number of carbonyl (C=O) groups is 1. The summed E-state index contributed by atoms with van der Waals surface area (Å²) in [4.78, 5) is 17.2. The van der Waals surface area contributed by atoms with Gasteiger partial charge in [0.2, 0.25) is 0 Å². The number of rotatable bonds is 14. The highest BCUT2D eigenvalue weighted by Gasteiger charge is 2.13. The number of carbonyl (C=O) groups excluding carboxylic acids is 1. The molecule has 0 aliphatic heterocycles. The van der Waals surface area contributed by atoms with Crippen molar-refractivity contribution >= 4 is 16.9 Å². The molecule has 6 nitrogen and oxygen atoms in total. The van der Waals surface area contributed by atoms with E-state index >= 15 is 0 Å². The summed E-state index contributed by atoms with van der Waals surface area (Å²) < 4.78 is 14.1. The van der Waals surface area contributed by atoms with E-state index in [4.69, 9.17) is 14.5 Å². The Bertz CT molecular complexity index is 1420. The number of aryl methyl sites for hydroxylation is 4. The third-order valence-corrected chi connectivity index (χ3v) is 7.35. The number of nitrogens with zero attached hydrogens (tertiary/aromatic N) is 2. The number of amides is 1. The van der Waals surface area contributed by atoms with Crippen LogP contribution in [0.1, 0.15) is 69.0 Å². The first-order chi connectivity index (χ1) is 19.7. The van der Waals surface area contributed by atoms with Crippen molar-refractivity contribution in [2.24, 2.45) is 0 Å². The van der Waals surface area contributed by atoms with E-state index in [-0.39, 0.29) is 17.9 Å². The lowest BCUT2D eigenvalue weighted by Crippen LogP contribution is -2.29. The maximum absolute atomic E-state index is 12.2. The van der Waals surface area contributed by atoms with Crippen LogP contribution < -0.4 is 14.8 Å². The molecule has 0 fully saturated rings. The van der Waals surface area contributed by atoms with Gasteiger partial charge >= 0.3 is 0 Å². The van der Waals surface area contributed by atoms with Crippen molar-refractivity contribution in [3.05, 3.63) is 89.2 Å². The molecular formula is C35H45N3O3. The second-order valence-electron chi connectivity index (χ2n) is 11.9. The van der Waals surface area contributed by atoms with Gasteiger partial charge in [-0.1, -0.05) is 63.6 Å². The average molecular weight is 556 g/mol. The number of aromatic nitrogens is 2. The van der Waals surface area contributed by atoms with Crippen LogP contribution >= 0.6 is 0 Å². The number of para-hydroxylation sites is 2. The van der Waals surface area contributed by atoms with Gasteiger partial charge < -0.3 is 19.4 Å². The summed E-state index contributed by atoms with van der Waals surface area (Å²) in [7, 11) is 0. The number of benzene rings is 3. The molecule has 41 heavy (non-hydrogen) atoms. The topological polar surface area (TPSA) is 65.4 Å². The standard InChI is InChI=1S/C35H45N3O3/c1-26-15-16-27(2)32(24-26)41-25-34(39)36-21-10-6-7-14-33-37-30-12-8-9-13-31(30)38(33)22-11-23-40-29-19-17-28(18-20-29)35(3,4)5/h8-9,12-13,15-20,24H,6-7,10-11,14,21-23,25H2,1-5H3,(H,36,39). The highest BCUT2D eigenvalue weighted by molar-refractivity contribution is 5.77. The van der Waals surface area contributed by atoms with Crippen LogP contribution in [-0.2, 0) is 23.2 Å². The van der Waals surface area contributed by atoms with E-state index < -0.39 is 0 Å². The highest BCUT2D eigenvalue weighted by atomic mass is 16.5. The zero-order chi connectivity index (χ0) is 29.2. The minimum absolute atomic E-state index is 0.0419. The molecule has 0 aliphatic rings. The molecule has 0 atom stereocenters. The Labute approximate surface area is 245 Å². The number of hydrogen-bond donors (Lipinski definition) is 1. The van der Waals surface area contributed by atoms with E-state index in [1.165, 1.54) is 11.1 Å². The Hall–Kier alpha value is -3.80. The van der Waals surface area contributed by atoms with Crippen molar-refractivity contribution in [2.45, 2.75) is 78.7 Å². The summed E-state index contributed by atoms with van der Waals surface area (Å²) in [5.41, 5.74) is 5.82. The van der Waals surface area contributed by atoms with Gasteiger partial charge in [0.15, 0.2) is 6.61 Å². The summed E-state index contributed by atoms with van der Waals surface area (Å²) in [5, 5.41) is 2.98. The predicted octanol–water partition coefficient (Wildman–Crippen LogP) is 7.33. The Balaban J connectivity index is 1.19. The molecular weight excluding hydrogens is 510 g/mol. The molecule has 0 saturated heterocycles. The number of ether oxygens (including phenoxy) is 2. The fraction of sp³-hybridized carbons (Fsp3) is 0.429. The molecule has 1 N–H and O–H groups in total. The van der Waals surface area contributed by atoms with Crippen LogP contribution in [0, 0.1) is 13.8 Å². The van der Waals surface area contributed by atoms with Crippen molar-refractivity contribution in [2.75, 3.05) is 19.8 Å². The van der Waals surface area contributed by atoms with Gasteiger partial charge in [-0.3, -0.25) is 4.79 Å². The van der Waals surface area contributed by atoms with Gasteiger partial charge in [-0.15, -0.1) is 0 Å². The number of fused-ring (bicyclic) bond motifs is 1. The van der Waals surface area contributed by atoms with Crippen LogP contribution in [0.3, 0.4) is 0 Å². The second kappa shape index (κ2) is 14.2. The lowest BCUT2D eigenvalue weighted by Gasteiger charge is -2.19. The van der Waals surface area contributed by atoms with Crippen molar-refractivity contribution in [1.82, 2.24) is 14.9 Å². The van der Waals surface area contributed by atoms with E-state index in [9.17, 15) is 4.79 Å². The van der Waals surface area contributed by atoms with Crippen molar-refractivity contribution in [3.8, 4) is 11.5 Å². The van der Waals surface area contributed by atoms with Crippen molar-refractivity contribution in [1.29, 1.82) is 0 Å². The van der Waals surface area contributed by atoms with E-state index in [0.29, 0.717) is 13.2 Å². The van der Waals surface area contributed by atoms with Gasteiger partial charge in [0, 0.05) is 19.5 Å². The fourth-order valence-corrected chi connectivity index (χ4v) is 4.90. The lowest BCUT2D eigenvalue weighted by molar-refractivity contribution is -0.123. The van der Waals surface area contributed by atoms with Gasteiger partial charge in [0.25, 0.3) is 5.91 Å². The number of unbranched alkanes of at least 4 members (excludes halogenated alkanes) is 2. The Morgan fingerprint density at radius 1 is 0.902 bits per heavy atom. The van der Waals surface area contributed by atoms with Crippen LogP contribution in [0.5, 0.6) is 11.5 Å². The Kier molecular flexibility index (Phi) is 10.4. The quantitative estimate of drug-likeness (QED) is 0.166. The molecule has 3 aromatic carbocycles. The van der Waals surface area contributed by atoms with E-state index in [2.05, 4.69) is 73.1 Å². The maximum Gasteiger partial charge on any atom is 0.257 e. The molecule has 1 heterocycles. The van der Waals surface area contributed by atoms with Gasteiger partial charge in [-0.2, -0.15) is 0 Å². The molecule has 0 aliphatic carbocycles. The highest BCUT2D eigenvalue weighted by Crippen LogP contribution is 2.25. The molecule has 4 aromatic rings. The summed E-state index contributed by atoms with van der Waals surface area (Å²) >= 11 is 0. The van der Waals surface area contributed by atoms with Crippen LogP contribution in [-0.4, -0.2) is 35.2 Å². The predicted molar refractivity (Wildman–Crippen MR) is 167 cm³/mol. The molecule has 0 bridgehead atoms. The molecule has 4 rings (SSSR count). The first-order valence-corrected chi connectivity index (χ1v) is 14.8. The second-order valence-corrected chi connectivity index (χ2v) is 11.9. The molecule has 0 radical (unpaired) electrons. The first-order valence-electron chi connectivity index (χ1n) is 14.8. The molecule has 1 amide bonds. The first kappa shape index (κ1) is 30.2. The number of nitrogens with one attached hydrogen (secondary N) is 1. The van der Waals surface area contributed by atoms with Gasteiger partial charge in [0.05, 0.1) is 17.6 Å². The van der Waals surface area contributed by atoms with Gasteiger partial charge in [-0.25, -0.2) is 4.98 Å². The molecule has 0 unspecified atom stereocenters. The summed E-state index contributed by atoms with van der Waals surface area (Å²) in [6.45, 7) is 12.9. The number of hydrogen-bond acceptors (Lipinski definition) is 4. The zero-order valence-electron chi connectivity index (χ0n) is 25.3. The van der Waals surface area contributed by atoms with Crippen molar-refractivity contribution in [3.63, 3.8) is 0 Å². The fourth-order valence-electron chi connectivity index (χ4n) is 4.90. The molecule has 0 spiro atoms. The summed E-state index contributed by atoms with van der Waals surface area (Å²) in [5.74, 6) is 2.72. The van der Waals surface area contributed by atoms with Crippen LogP contribution in [0.2, 0.25) is 0 Å². The molecule has 6 heteroatoms. The molecule has 1 aromatic heterocycles. The largest absolute Gasteiger partial charge is 0.494 e. The summed E-state index contributed by atoms with van der Waals surface area (Å²) in [6, 6.07) is 22.8. The van der Waals surface area contributed by atoms with E-state index in [1.54, 1.807) is 0 Å². The SMILES string of the molecule is Cc1ccc(C)c(OCC(=O)NCCCCCc2nc3ccccc3n2CCCOc2ccc(C(C)(C)C)cc2)c1. The Morgan fingerprint density at radius 2 is 1.68 bits per heavy atom. The lowest BCUT2D eigenvalue weighted by atomic mass is 9.87. The van der Waals surface area contributed by atoms with E-state index in [1.807, 2.05) is 38.1 Å². The summed E-state index contributed by atoms with van der Waals surface area (Å²) in [6.07, 6.45) is 4.79. The molecule has 218 valence electrons. The van der Waals surface area contributed by atoms with E-state index in [0.717, 1.165) is 72.6 Å². The molecule has 0 saturated carbocycles. The smallest absolute Gasteiger partial charge is 0.257 e. The third kappa shape index (κ3) is 8.84. The number of imidazole rings is 1. The normalized spacial score (nSPS) is 11.5. The maximum atomic E-state index is 12.2. The van der Waals surface area contributed by atoms with Crippen LogP contribution in [0.25, 0.3) is 11.0 Å². The van der Waals surface area contributed by atoms with Gasteiger partial charge in [0.1, 0.15) is 17.3 Å². The van der Waals surface area contributed by atoms with Crippen LogP contribution in [0.4, 0.5) is 0 Å². The Morgan fingerprint density at radius 3 is 2.46 bits per heavy atom. The third-order valence-electron chi connectivity index (χ3n) is 7.35. The average Bonchev–Trinajstić information content (AvgIpc) is 3.30. The van der Waals surface area contributed by atoms with Gasteiger partial charge in [-0.05, 0) is 85.5 Å². The zero-order valence-corrected chi connectivity index (χ0v) is 25.3. The minimum Gasteiger partial charge on any atom is -0.494 e. The minimum atomic E-state index is -0.0833.